The molecule has 1 heterocycles. The molecule has 0 saturated heterocycles. The fraction of sp³-hybridized carbons (Fsp3) is 0.571. The molecule has 0 aromatic carbocycles. The average molecular weight is 170 g/mol. The third-order valence-electron chi connectivity index (χ3n) is 1.81. The molecule has 0 radical (unpaired) electrons. The third-order valence-corrected chi connectivity index (χ3v) is 1.81. The molecule has 0 unspecified atom stereocenters. The quantitative estimate of drug-likeness (QED) is 0.630. The Morgan fingerprint density at radius 3 is 2.67 bits per heavy atom. The number of hydrogen-bond donors (Lipinski definition) is 1. The average Bonchev–Trinajstić information content (AvgIpc) is 2.16. The van der Waals surface area contributed by atoms with Crippen LogP contribution in [0.5, 0.6) is 0 Å². The summed E-state index contributed by atoms with van der Waals surface area (Å²) in [6, 6.07) is 0. The number of carbonyl (C=O) groups excluding carboxylic acids is 1. The van der Waals surface area contributed by atoms with Gasteiger partial charge in [-0.15, -0.1) is 0 Å². The van der Waals surface area contributed by atoms with Gasteiger partial charge in [0.25, 0.3) is 5.91 Å². The summed E-state index contributed by atoms with van der Waals surface area (Å²) in [5.74, 6) is -1.78. The zero-order valence-corrected chi connectivity index (χ0v) is 6.94. The number of hydrogen-bond acceptors (Lipinski definition) is 3. The van der Waals surface area contributed by atoms with Crippen LogP contribution in [0.1, 0.15) is 13.3 Å². The highest BCUT2D eigenvalue weighted by Crippen LogP contribution is 2.16. The maximum Gasteiger partial charge on any atom is 0.304 e. The Morgan fingerprint density at radius 2 is 2.33 bits per heavy atom. The van der Waals surface area contributed by atoms with E-state index in [9.17, 15) is 9.59 Å². The van der Waals surface area contributed by atoms with Crippen LogP contribution < -0.4 is 0 Å². The topological polar surface area (TPSA) is 70.0 Å². The van der Waals surface area contributed by atoms with Crippen molar-refractivity contribution in [2.75, 3.05) is 7.05 Å². The first-order valence-corrected chi connectivity index (χ1v) is 3.57. The monoisotopic (exact) mass is 170 g/mol. The van der Waals surface area contributed by atoms with Crippen molar-refractivity contribution in [1.29, 1.82) is 0 Å². The van der Waals surface area contributed by atoms with E-state index >= 15 is 0 Å². The van der Waals surface area contributed by atoms with Crippen LogP contribution in [0.4, 0.5) is 0 Å². The molecule has 5 nitrogen and oxygen atoms in total. The van der Waals surface area contributed by atoms with Crippen molar-refractivity contribution in [2.45, 2.75) is 13.3 Å². The van der Waals surface area contributed by atoms with Gasteiger partial charge in [0.15, 0.2) is 0 Å². The van der Waals surface area contributed by atoms with E-state index in [-0.39, 0.29) is 12.3 Å². The highest BCUT2D eigenvalue weighted by Gasteiger charge is 2.32. The molecule has 12 heavy (non-hydrogen) atoms. The Kier molecular flexibility index (Phi) is 2.12. The number of carbonyl (C=O) groups is 2. The Morgan fingerprint density at radius 1 is 1.75 bits per heavy atom. The van der Waals surface area contributed by atoms with Crippen molar-refractivity contribution in [3.8, 4) is 0 Å². The largest absolute Gasteiger partial charge is 0.481 e. The third kappa shape index (κ3) is 1.44. The minimum Gasteiger partial charge on any atom is -0.481 e. The predicted octanol–water partition coefficient (Wildman–Crippen LogP) is -0.0748. The molecule has 0 spiro atoms. The molecular weight excluding hydrogens is 160 g/mol. The first-order chi connectivity index (χ1) is 5.52. The summed E-state index contributed by atoms with van der Waals surface area (Å²) in [4.78, 5) is 21.5. The molecular formula is C7H10N2O3. The van der Waals surface area contributed by atoms with Gasteiger partial charge < -0.3 is 5.11 Å². The molecule has 1 aliphatic rings. The highest BCUT2D eigenvalue weighted by molar-refractivity contribution is 6.08. The number of carboxylic acids is 1. The van der Waals surface area contributed by atoms with E-state index in [1.165, 1.54) is 12.1 Å². The van der Waals surface area contributed by atoms with Crippen molar-refractivity contribution >= 4 is 17.6 Å². The number of amides is 1. The van der Waals surface area contributed by atoms with Gasteiger partial charge in [-0.05, 0) is 6.92 Å². The smallest absolute Gasteiger partial charge is 0.304 e. The van der Waals surface area contributed by atoms with Gasteiger partial charge in [-0.2, -0.15) is 5.10 Å². The van der Waals surface area contributed by atoms with E-state index in [2.05, 4.69) is 5.10 Å². The van der Waals surface area contributed by atoms with Gasteiger partial charge in [-0.3, -0.25) is 9.59 Å². The highest BCUT2D eigenvalue weighted by atomic mass is 16.4. The lowest BCUT2D eigenvalue weighted by molar-refractivity contribution is -0.141. The first-order valence-electron chi connectivity index (χ1n) is 3.57. The van der Waals surface area contributed by atoms with Crippen LogP contribution in [0.15, 0.2) is 5.10 Å². The van der Waals surface area contributed by atoms with Gasteiger partial charge in [0.2, 0.25) is 0 Å². The molecule has 66 valence electrons. The predicted molar refractivity (Wildman–Crippen MR) is 41.6 cm³/mol. The molecule has 0 fully saturated rings. The Hall–Kier alpha value is -1.39. The summed E-state index contributed by atoms with van der Waals surface area (Å²) in [6.07, 6.45) is -0.168. The van der Waals surface area contributed by atoms with Crippen molar-refractivity contribution < 1.29 is 14.7 Å². The molecule has 0 aliphatic carbocycles. The van der Waals surface area contributed by atoms with Crippen molar-refractivity contribution in [3.63, 3.8) is 0 Å². The molecule has 5 heteroatoms. The molecule has 1 N–H and O–H groups in total. The van der Waals surface area contributed by atoms with Gasteiger partial charge >= 0.3 is 5.97 Å². The summed E-state index contributed by atoms with van der Waals surface area (Å²) in [6.45, 7) is 1.66. The molecule has 0 aromatic rings. The molecule has 0 saturated carbocycles. The summed E-state index contributed by atoms with van der Waals surface area (Å²) < 4.78 is 0. The van der Waals surface area contributed by atoms with E-state index in [4.69, 9.17) is 5.11 Å². The summed E-state index contributed by atoms with van der Waals surface area (Å²) in [7, 11) is 1.52. The number of hydrazone groups is 1. The Balaban J connectivity index is 2.72. The van der Waals surface area contributed by atoms with Gasteiger partial charge in [0.1, 0.15) is 0 Å². The van der Waals surface area contributed by atoms with Crippen molar-refractivity contribution in [3.05, 3.63) is 0 Å². The van der Waals surface area contributed by atoms with Gasteiger partial charge in [0.05, 0.1) is 12.3 Å². The fourth-order valence-electron chi connectivity index (χ4n) is 1.17. The van der Waals surface area contributed by atoms with Gasteiger partial charge in [-0.1, -0.05) is 0 Å². The van der Waals surface area contributed by atoms with Crippen LogP contribution in [-0.2, 0) is 9.59 Å². The van der Waals surface area contributed by atoms with E-state index in [1.54, 1.807) is 6.92 Å². The minimum absolute atomic E-state index is 0.168. The maximum absolute atomic E-state index is 11.2. The number of rotatable bonds is 2. The molecule has 0 aromatic heterocycles. The maximum atomic E-state index is 11.2. The number of carboxylic acid groups (broad SMARTS) is 1. The molecule has 1 atom stereocenters. The van der Waals surface area contributed by atoms with Crippen LogP contribution in [0, 0.1) is 5.92 Å². The van der Waals surface area contributed by atoms with Crippen molar-refractivity contribution in [1.82, 2.24) is 5.01 Å². The van der Waals surface area contributed by atoms with Crippen LogP contribution in [-0.4, -0.2) is 34.8 Å². The summed E-state index contributed by atoms with van der Waals surface area (Å²) in [5.41, 5.74) is 0.574. The van der Waals surface area contributed by atoms with Gasteiger partial charge in [0, 0.05) is 12.8 Å². The van der Waals surface area contributed by atoms with E-state index in [1.807, 2.05) is 0 Å². The van der Waals surface area contributed by atoms with Crippen LogP contribution in [0.2, 0.25) is 0 Å². The van der Waals surface area contributed by atoms with E-state index in [0.717, 1.165) is 0 Å². The zero-order chi connectivity index (χ0) is 9.30. The molecule has 1 rings (SSSR count). The molecule has 1 amide bonds. The lowest BCUT2D eigenvalue weighted by atomic mass is 10.0. The summed E-state index contributed by atoms with van der Waals surface area (Å²) >= 11 is 0. The van der Waals surface area contributed by atoms with Crippen LogP contribution in [0.25, 0.3) is 0 Å². The number of aliphatic carboxylic acids is 1. The van der Waals surface area contributed by atoms with E-state index < -0.39 is 11.9 Å². The first kappa shape index (κ1) is 8.70. The minimum atomic E-state index is -0.974. The zero-order valence-electron chi connectivity index (χ0n) is 6.94. The lowest BCUT2D eigenvalue weighted by Gasteiger charge is -2.06. The Labute approximate surface area is 69.7 Å². The normalized spacial score (nSPS) is 22.8. The molecule has 0 bridgehead atoms. The molecule has 1 aliphatic heterocycles. The SMILES string of the molecule is CC1=NN(C)C(=O)[C@@H]1CC(=O)O. The van der Waals surface area contributed by atoms with Gasteiger partial charge in [-0.25, -0.2) is 5.01 Å². The van der Waals surface area contributed by atoms with Crippen LogP contribution in [0.3, 0.4) is 0 Å². The van der Waals surface area contributed by atoms with Crippen LogP contribution >= 0.6 is 0 Å². The van der Waals surface area contributed by atoms with Crippen molar-refractivity contribution in [2.24, 2.45) is 11.0 Å². The second-order valence-corrected chi connectivity index (χ2v) is 2.75. The fourth-order valence-corrected chi connectivity index (χ4v) is 1.17. The standard InChI is InChI=1S/C7H10N2O3/c1-4-5(3-6(10)11)7(12)9(2)8-4/h5H,3H2,1-2H3,(H,10,11)/t5-/m1/s1. The number of nitrogens with zero attached hydrogens (tertiary/aromatic N) is 2. The Bertz CT molecular complexity index is 259. The second kappa shape index (κ2) is 2.92. The lowest BCUT2D eigenvalue weighted by Crippen LogP contribution is -2.26. The van der Waals surface area contributed by atoms with E-state index in [0.29, 0.717) is 5.71 Å². The summed E-state index contributed by atoms with van der Waals surface area (Å²) in [5, 5.41) is 13.5. The second-order valence-electron chi connectivity index (χ2n) is 2.75.